The van der Waals surface area contributed by atoms with Gasteiger partial charge < -0.3 is 11.1 Å². The lowest BCUT2D eigenvalue weighted by atomic mass is 9.88. The van der Waals surface area contributed by atoms with Crippen LogP contribution in [0.25, 0.3) is 0 Å². The third-order valence-electron chi connectivity index (χ3n) is 3.97. The van der Waals surface area contributed by atoms with Crippen molar-refractivity contribution in [1.29, 1.82) is 0 Å². The number of benzene rings is 1. The summed E-state index contributed by atoms with van der Waals surface area (Å²) in [5.41, 5.74) is 6.03. The summed E-state index contributed by atoms with van der Waals surface area (Å²) in [7, 11) is -3.38. The first-order chi connectivity index (χ1) is 10.6. The van der Waals surface area contributed by atoms with E-state index in [1.165, 1.54) is 6.07 Å². The van der Waals surface area contributed by atoms with E-state index in [9.17, 15) is 13.2 Å². The summed E-state index contributed by atoms with van der Waals surface area (Å²) in [4.78, 5) is 12.4. The van der Waals surface area contributed by atoms with Gasteiger partial charge in [-0.15, -0.1) is 0 Å². The molecule has 23 heavy (non-hydrogen) atoms. The van der Waals surface area contributed by atoms with E-state index in [4.69, 9.17) is 5.73 Å². The second-order valence-corrected chi connectivity index (χ2v) is 8.07. The second kappa shape index (κ2) is 7.79. The molecule has 0 saturated carbocycles. The maximum absolute atomic E-state index is 12.4. The number of rotatable bonds is 8. The van der Waals surface area contributed by atoms with Crippen molar-refractivity contribution in [3.63, 3.8) is 0 Å². The van der Waals surface area contributed by atoms with Gasteiger partial charge in [-0.2, -0.15) is 0 Å². The minimum absolute atomic E-state index is 0.0437. The van der Waals surface area contributed by atoms with E-state index in [0.29, 0.717) is 24.2 Å². The van der Waals surface area contributed by atoms with Gasteiger partial charge >= 0.3 is 0 Å². The van der Waals surface area contributed by atoms with E-state index in [0.717, 1.165) is 0 Å². The molecule has 1 aromatic rings. The molecule has 4 N–H and O–H groups in total. The maximum Gasteiger partial charge on any atom is 0.251 e. The van der Waals surface area contributed by atoms with E-state index in [2.05, 4.69) is 10.0 Å². The number of nitrogens with two attached hydrogens (primary N) is 1. The van der Waals surface area contributed by atoms with E-state index in [-0.39, 0.29) is 17.6 Å². The number of hydrogen-bond acceptors (Lipinski definition) is 4. The summed E-state index contributed by atoms with van der Waals surface area (Å²) in [6.07, 6.45) is 0.527. The van der Waals surface area contributed by atoms with E-state index in [1.54, 1.807) is 25.1 Å². The van der Waals surface area contributed by atoms with E-state index >= 15 is 0 Å². The molecule has 7 heteroatoms. The van der Waals surface area contributed by atoms with Crippen molar-refractivity contribution < 1.29 is 13.2 Å². The molecule has 0 aliphatic rings. The third-order valence-corrected chi connectivity index (χ3v) is 5.46. The van der Waals surface area contributed by atoms with Crippen LogP contribution in [0.5, 0.6) is 0 Å². The van der Waals surface area contributed by atoms with Gasteiger partial charge in [-0.3, -0.25) is 9.52 Å². The molecule has 0 spiro atoms. The molecule has 1 atom stereocenters. The van der Waals surface area contributed by atoms with Crippen molar-refractivity contribution in [2.24, 2.45) is 11.7 Å². The highest BCUT2D eigenvalue weighted by Gasteiger charge is 2.29. The van der Waals surface area contributed by atoms with E-state index in [1.807, 2.05) is 20.8 Å². The van der Waals surface area contributed by atoms with Crippen molar-refractivity contribution in [1.82, 2.24) is 5.32 Å². The van der Waals surface area contributed by atoms with Crippen LogP contribution in [0.3, 0.4) is 0 Å². The first-order valence-corrected chi connectivity index (χ1v) is 9.42. The lowest BCUT2D eigenvalue weighted by molar-refractivity contribution is 0.0883. The minimum Gasteiger partial charge on any atom is -0.345 e. The van der Waals surface area contributed by atoms with E-state index < -0.39 is 15.6 Å². The topological polar surface area (TPSA) is 101 Å². The molecular formula is C16H27N3O3S. The van der Waals surface area contributed by atoms with Crippen LogP contribution in [0.4, 0.5) is 5.69 Å². The van der Waals surface area contributed by atoms with Gasteiger partial charge in [0.15, 0.2) is 0 Å². The largest absolute Gasteiger partial charge is 0.345 e. The predicted molar refractivity (Wildman–Crippen MR) is 93.9 cm³/mol. The van der Waals surface area contributed by atoms with Gasteiger partial charge in [0.2, 0.25) is 10.0 Å². The lowest BCUT2D eigenvalue weighted by Crippen LogP contribution is -2.55. The first-order valence-electron chi connectivity index (χ1n) is 7.76. The number of carbonyl (C=O) groups excluding carboxylic acids is 1. The monoisotopic (exact) mass is 341 g/mol. The minimum atomic E-state index is -3.38. The van der Waals surface area contributed by atoms with Crippen LogP contribution in [0.15, 0.2) is 24.3 Å². The second-order valence-electron chi connectivity index (χ2n) is 6.23. The molecule has 1 unspecified atom stereocenters. The molecule has 0 radical (unpaired) electrons. The average molecular weight is 341 g/mol. The smallest absolute Gasteiger partial charge is 0.251 e. The van der Waals surface area contributed by atoms with Gasteiger partial charge in [0, 0.05) is 17.8 Å². The van der Waals surface area contributed by atoms with Crippen molar-refractivity contribution in [3.8, 4) is 0 Å². The number of hydrogen-bond donors (Lipinski definition) is 3. The molecule has 1 aromatic carbocycles. The van der Waals surface area contributed by atoms with Gasteiger partial charge in [-0.05, 0) is 37.5 Å². The zero-order valence-corrected chi connectivity index (χ0v) is 15.0. The SMILES string of the molecule is CCCS(=O)(=O)Nc1cccc(C(=O)NC(C)(CN)C(C)C)c1. The van der Waals surface area contributed by atoms with Crippen LogP contribution in [0.1, 0.15) is 44.5 Å². The summed E-state index contributed by atoms with van der Waals surface area (Å²) < 4.78 is 26.1. The fourth-order valence-corrected chi connectivity index (χ4v) is 3.11. The normalized spacial score (nSPS) is 14.3. The molecule has 0 heterocycles. The highest BCUT2D eigenvalue weighted by Crippen LogP contribution is 2.18. The average Bonchev–Trinajstić information content (AvgIpc) is 2.46. The molecule has 1 rings (SSSR count). The zero-order valence-electron chi connectivity index (χ0n) is 14.2. The molecule has 0 bridgehead atoms. The highest BCUT2D eigenvalue weighted by atomic mass is 32.2. The van der Waals surface area contributed by atoms with Crippen LogP contribution in [-0.2, 0) is 10.0 Å². The first kappa shape index (κ1) is 19.4. The Labute approximate surface area is 138 Å². The number of anilines is 1. The fraction of sp³-hybridized carbons (Fsp3) is 0.562. The Morgan fingerprint density at radius 3 is 2.52 bits per heavy atom. The Morgan fingerprint density at radius 1 is 1.35 bits per heavy atom. The summed E-state index contributed by atoms with van der Waals surface area (Å²) in [5, 5.41) is 2.93. The number of sulfonamides is 1. The van der Waals surface area contributed by atoms with Crippen molar-refractivity contribution in [3.05, 3.63) is 29.8 Å². The Kier molecular flexibility index (Phi) is 6.58. The van der Waals surface area contributed by atoms with Crippen LogP contribution in [0.2, 0.25) is 0 Å². The number of amides is 1. The van der Waals surface area contributed by atoms with Gasteiger partial charge in [0.1, 0.15) is 0 Å². The number of nitrogens with one attached hydrogen (secondary N) is 2. The summed E-state index contributed by atoms with van der Waals surface area (Å²) >= 11 is 0. The zero-order chi connectivity index (χ0) is 17.7. The van der Waals surface area contributed by atoms with Crippen LogP contribution < -0.4 is 15.8 Å². The fourth-order valence-electron chi connectivity index (χ4n) is 1.99. The maximum atomic E-state index is 12.4. The Hall–Kier alpha value is -1.60. The molecule has 0 aromatic heterocycles. The van der Waals surface area contributed by atoms with Crippen LogP contribution in [0, 0.1) is 5.92 Å². The molecule has 0 saturated heterocycles. The van der Waals surface area contributed by atoms with Crippen LogP contribution >= 0.6 is 0 Å². The highest BCUT2D eigenvalue weighted by molar-refractivity contribution is 7.92. The summed E-state index contributed by atoms with van der Waals surface area (Å²) in [5.74, 6) is -0.0620. The summed E-state index contributed by atoms with van der Waals surface area (Å²) in [6, 6.07) is 6.44. The van der Waals surface area contributed by atoms with Gasteiger partial charge in [0.05, 0.1) is 11.3 Å². The van der Waals surface area contributed by atoms with Crippen molar-refractivity contribution in [2.45, 2.75) is 39.7 Å². The Morgan fingerprint density at radius 2 is 2.00 bits per heavy atom. The lowest BCUT2D eigenvalue weighted by Gasteiger charge is -2.33. The van der Waals surface area contributed by atoms with Crippen molar-refractivity contribution >= 4 is 21.6 Å². The molecule has 0 aliphatic carbocycles. The molecule has 0 fully saturated rings. The van der Waals surface area contributed by atoms with Crippen molar-refractivity contribution in [2.75, 3.05) is 17.0 Å². The quantitative estimate of drug-likeness (QED) is 0.672. The molecule has 130 valence electrons. The van der Waals surface area contributed by atoms with Gasteiger partial charge in [0.25, 0.3) is 5.91 Å². The summed E-state index contributed by atoms with van der Waals surface area (Å²) in [6.45, 7) is 7.98. The Bertz CT molecular complexity index is 644. The molecule has 6 nitrogen and oxygen atoms in total. The van der Waals surface area contributed by atoms with Gasteiger partial charge in [-0.25, -0.2) is 8.42 Å². The standard InChI is InChI=1S/C16H27N3O3S/c1-5-9-23(21,22)19-14-8-6-7-13(10-14)15(20)18-16(4,11-17)12(2)3/h6-8,10,12,19H,5,9,11,17H2,1-4H3,(H,18,20). The molecule has 0 aliphatic heterocycles. The van der Waals surface area contributed by atoms with Gasteiger partial charge in [-0.1, -0.05) is 26.8 Å². The molecular weight excluding hydrogens is 314 g/mol. The third kappa shape index (κ3) is 5.51. The molecule has 1 amide bonds. The Balaban J connectivity index is 2.94. The predicted octanol–water partition coefficient (Wildman–Crippen LogP) is 1.94. The van der Waals surface area contributed by atoms with Crippen LogP contribution in [-0.4, -0.2) is 32.2 Å². The number of carbonyl (C=O) groups is 1.